The molecule has 0 unspecified atom stereocenters. The Bertz CT molecular complexity index is 236. The van der Waals surface area contributed by atoms with Crippen molar-refractivity contribution < 1.29 is 24.3 Å². The molecule has 5 nitrogen and oxygen atoms in total. The molecule has 0 aromatic carbocycles. The van der Waals surface area contributed by atoms with Crippen molar-refractivity contribution >= 4 is 7.12 Å². The molecule has 1 heterocycles. The molecule has 2 aliphatic rings. The fraction of sp³-hybridized carbons (Fsp3) is 0.545. The first kappa shape index (κ1) is 13.3. The second-order valence-corrected chi connectivity index (χ2v) is 4.01. The molecule has 1 aliphatic carbocycles. The lowest BCUT2D eigenvalue weighted by Crippen LogP contribution is -2.41. The van der Waals surface area contributed by atoms with Crippen LogP contribution in [-0.4, -0.2) is 49.9 Å². The Balaban J connectivity index is 1.92. The molecule has 2 atom stereocenters. The van der Waals surface area contributed by atoms with Gasteiger partial charge in [0.05, 0.1) is 19.3 Å². The molecule has 1 aliphatic heterocycles. The normalized spacial score (nSPS) is 31.9. The van der Waals surface area contributed by atoms with Gasteiger partial charge in [-0.2, -0.15) is 0 Å². The molecule has 2 rings (SSSR count). The second kappa shape index (κ2) is 6.16. The van der Waals surface area contributed by atoms with Crippen LogP contribution in [0, 0.1) is 31.0 Å². The molecule has 0 bridgehead atoms. The molecule has 5 radical (unpaired) electrons. The molecule has 0 aromatic rings. The van der Waals surface area contributed by atoms with E-state index >= 15 is 0 Å². The van der Waals surface area contributed by atoms with Crippen LogP contribution in [0.2, 0.25) is 0 Å². The van der Waals surface area contributed by atoms with Crippen LogP contribution in [0.5, 0.6) is 0 Å². The van der Waals surface area contributed by atoms with Crippen LogP contribution in [0.1, 0.15) is 6.42 Å². The average Bonchev–Trinajstić information content (AvgIpc) is 2.79. The highest BCUT2D eigenvalue weighted by molar-refractivity contribution is 6.51. The van der Waals surface area contributed by atoms with Crippen LogP contribution in [0.3, 0.4) is 0 Å². The van der Waals surface area contributed by atoms with E-state index in [-0.39, 0.29) is 6.10 Å². The highest BCUT2D eigenvalue weighted by Gasteiger charge is 2.44. The van der Waals surface area contributed by atoms with Crippen molar-refractivity contribution in [1.82, 2.24) is 0 Å². The summed E-state index contributed by atoms with van der Waals surface area (Å²) in [7, 11) is 0.120. The lowest BCUT2D eigenvalue weighted by molar-refractivity contribution is -0.209. The Morgan fingerprint density at radius 1 is 1.47 bits per heavy atom. The molecule has 1 saturated carbocycles. The number of hydrogen-bond donors (Lipinski definition) is 2. The van der Waals surface area contributed by atoms with Gasteiger partial charge in [-0.25, -0.2) is 0 Å². The van der Waals surface area contributed by atoms with Crippen LogP contribution in [0.25, 0.3) is 0 Å². The molecule has 2 N–H and O–H groups in total. The molecule has 1 saturated heterocycles. The summed E-state index contributed by atoms with van der Waals surface area (Å²) in [5, 5.41) is 18.4. The number of ether oxygens (including phenoxy) is 3. The first-order valence-corrected chi connectivity index (χ1v) is 5.60. The van der Waals surface area contributed by atoms with E-state index in [2.05, 4.69) is 0 Å². The Morgan fingerprint density at radius 2 is 2.29 bits per heavy atom. The van der Waals surface area contributed by atoms with Gasteiger partial charge in [0.25, 0.3) is 0 Å². The largest absolute Gasteiger partial charge is 0.459 e. The molecular formula is C11H16BO5. The van der Waals surface area contributed by atoms with Crippen LogP contribution < -0.4 is 0 Å². The van der Waals surface area contributed by atoms with Gasteiger partial charge in [0.2, 0.25) is 0 Å². The van der Waals surface area contributed by atoms with E-state index in [1.807, 2.05) is 0 Å². The summed E-state index contributed by atoms with van der Waals surface area (Å²) >= 11 is 0. The third-order valence-corrected chi connectivity index (χ3v) is 2.79. The van der Waals surface area contributed by atoms with Crippen molar-refractivity contribution in [2.24, 2.45) is 0 Å². The quantitative estimate of drug-likeness (QED) is 0.650. The molecule has 0 spiro atoms. The zero-order valence-electron chi connectivity index (χ0n) is 9.70. The van der Waals surface area contributed by atoms with E-state index in [4.69, 9.17) is 14.2 Å². The average molecular weight is 239 g/mol. The first-order chi connectivity index (χ1) is 8.22. The molecule has 0 aromatic heterocycles. The van der Waals surface area contributed by atoms with E-state index in [0.29, 0.717) is 24.9 Å². The minimum absolute atomic E-state index is 0.0164. The Morgan fingerprint density at radius 3 is 3.00 bits per heavy atom. The summed E-state index contributed by atoms with van der Waals surface area (Å²) in [5.41, 5.74) is 0. The van der Waals surface area contributed by atoms with E-state index in [1.165, 1.54) is 0 Å². The van der Waals surface area contributed by atoms with Crippen LogP contribution in [0.15, 0.2) is 0 Å². The van der Waals surface area contributed by atoms with E-state index in [0.717, 1.165) is 6.42 Å². The molecule has 17 heavy (non-hydrogen) atoms. The fourth-order valence-electron chi connectivity index (χ4n) is 1.96. The molecular weight excluding hydrogens is 223 g/mol. The first-order valence-electron chi connectivity index (χ1n) is 5.60. The maximum Gasteiger partial charge on any atom is 0.459 e. The van der Waals surface area contributed by atoms with E-state index in [9.17, 15) is 10.0 Å². The van der Waals surface area contributed by atoms with Gasteiger partial charge >= 0.3 is 7.12 Å². The molecule has 2 fully saturated rings. The summed E-state index contributed by atoms with van der Waals surface area (Å²) in [6, 6.07) is 0. The van der Waals surface area contributed by atoms with Gasteiger partial charge in [0.15, 0.2) is 6.29 Å². The molecule has 93 valence electrons. The van der Waals surface area contributed by atoms with E-state index < -0.39 is 13.4 Å². The van der Waals surface area contributed by atoms with Crippen molar-refractivity contribution in [3.05, 3.63) is 31.0 Å². The highest BCUT2D eigenvalue weighted by Crippen LogP contribution is 2.39. The van der Waals surface area contributed by atoms with Gasteiger partial charge in [-0.05, 0) is 25.7 Å². The van der Waals surface area contributed by atoms with Crippen LogP contribution >= 0.6 is 0 Å². The highest BCUT2D eigenvalue weighted by atomic mass is 16.7. The van der Waals surface area contributed by atoms with Crippen molar-refractivity contribution in [2.75, 3.05) is 20.3 Å². The van der Waals surface area contributed by atoms with Gasteiger partial charge < -0.3 is 24.3 Å². The number of methoxy groups -OCH3 is 1. The topological polar surface area (TPSA) is 68.2 Å². The van der Waals surface area contributed by atoms with Crippen LogP contribution in [-0.2, 0) is 14.2 Å². The maximum absolute atomic E-state index is 9.21. The number of hydrogen-bond acceptors (Lipinski definition) is 5. The van der Waals surface area contributed by atoms with Crippen molar-refractivity contribution in [2.45, 2.75) is 18.8 Å². The summed E-state index contributed by atoms with van der Waals surface area (Å²) in [6.45, 7) is 1.09. The third-order valence-electron chi connectivity index (χ3n) is 2.79. The summed E-state index contributed by atoms with van der Waals surface area (Å²) < 4.78 is 16.2. The fourth-order valence-corrected chi connectivity index (χ4v) is 1.96. The monoisotopic (exact) mass is 239 g/mol. The third kappa shape index (κ3) is 3.20. The minimum atomic E-state index is -1.50. The van der Waals surface area contributed by atoms with Crippen molar-refractivity contribution in [3.63, 3.8) is 0 Å². The standard InChI is InChI=1S/C11H16BO5/c1-15-7-8-5-6-16-11(17-8)9-3-2-4-10(9)12(13)14/h2-4,8,11,13-14H,5-7H2,1H3/t8-,11-/m0/s1. The van der Waals surface area contributed by atoms with Gasteiger partial charge in [0.1, 0.15) is 0 Å². The number of rotatable bonds is 4. The van der Waals surface area contributed by atoms with Crippen molar-refractivity contribution in [1.29, 1.82) is 0 Å². The minimum Gasteiger partial charge on any atom is -0.427 e. The smallest absolute Gasteiger partial charge is 0.427 e. The zero-order chi connectivity index (χ0) is 12.3. The predicted molar refractivity (Wildman–Crippen MR) is 60.7 cm³/mol. The van der Waals surface area contributed by atoms with Crippen LogP contribution in [0.4, 0.5) is 0 Å². The van der Waals surface area contributed by atoms with Gasteiger partial charge in [-0.3, -0.25) is 0 Å². The predicted octanol–water partition coefficient (Wildman–Crippen LogP) is -0.448. The maximum atomic E-state index is 9.21. The lowest BCUT2D eigenvalue weighted by Gasteiger charge is -2.34. The van der Waals surface area contributed by atoms with Gasteiger partial charge in [0, 0.05) is 18.8 Å². The lowest BCUT2D eigenvalue weighted by atomic mass is 9.67. The Hall–Kier alpha value is -0.135. The SMILES string of the molecule is COC[C@@H]1CCO[C@H]([C]2[CH][CH][CH][C]2B(O)O)O1. The Labute approximate surface area is 102 Å². The molecule has 0 amide bonds. The van der Waals surface area contributed by atoms with Gasteiger partial charge in [-0.1, -0.05) is 0 Å². The summed E-state index contributed by atoms with van der Waals surface area (Å²) in [5.74, 6) is 1.09. The Kier molecular flexibility index (Phi) is 4.82. The van der Waals surface area contributed by atoms with Gasteiger partial charge in [-0.15, -0.1) is 0 Å². The zero-order valence-corrected chi connectivity index (χ0v) is 9.70. The van der Waals surface area contributed by atoms with Crippen molar-refractivity contribution in [3.8, 4) is 0 Å². The second-order valence-electron chi connectivity index (χ2n) is 4.01. The summed E-state index contributed by atoms with van der Waals surface area (Å²) in [4.78, 5) is 0. The van der Waals surface area contributed by atoms with E-state index in [1.54, 1.807) is 26.4 Å². The molecule has 6 heteroatoms. The summed E-state index contributed by atoms with van der Waals surface area (Å²) in [6.07, 6.45) is 5.38.